The topological polar surface area (TPSA) is 105 Å². The summed E-state index contributed by atoms with van der Waals surface area (Å²) in [6.45, 7) is 4.65. The van der Waals surface area contributed by atoms with Crippen LogP contribution in [0.4, 0.5) is 4.39 Å². The first-order chi connectivity index (χ1) is 16.2. The molecule has 1 heterocycles. The van der Waals surface area contributed by atoms with Crippen LogP contribution in [0.1, 0.15) is 56.3 Å². The van der Waals surface area contributed by atoms with Crippen LogP contribution in [0.3, 0.4) is 0 Å². The lowest BCUT2D eigenvalue weighted by molar-refractivity contribution is 0.0695. The number of sulfonamides is 1. The summed E-state index contributed by atoms with van der Waals surface area (Å²) in [4.78, 5) is 24.0. The maximum absolute atomic E-state index is 15.0. The Morgan fingerprint density at radius 2 is 1.74 bits per heavy atom. The molecule has 1 aromatic heterocycles. The predicted octanol–water partition coefficient (Wildman–Crippen LogP) is 4.77. The molecule has 0 unspecified atom stereocenters. The molecule has 0 bridgehead atoms. The average Bonchev–Trinajstić information content (AvgIpc) is 2.81. The second-order valence-corrected chi connectivity index (χ2v) is 9.92. The van der Waals surface area contributed by atoms with Gasteiger partial charge in [-0.2, -0.15) is 0 Å². The lowest BCUT2D eigenvalue weighted by Gasteiger charge is -2.13. The van der Waals surface area contributed by atoms with Crippen molar-refractivity contribution in [1.82, 2.24) is 9.29 Å². The molecule has 3 rings (SSSR count). The van der Waals surface area contributed by atoms with Gasteiger partial charge < -0.3 is 9.67 Å². The van der Waals surface area contributed by atoms with Gasteiger partial charge in [0, 0.05) is 30.2 Å². The fourth-order valence-corrected chi connectivity index (χ4v) is 4.95. The number of aromatic carboxylic acids is 1. The largest absolute Gasteiger partial charge is 0.477 e. The lowest BCUT2D eigenvalue weighted by Crippen LogP contribution is -2.24. The molecule has 0 aliphatic carbocycles. The third-order valence-corrected chi connectivity index (χ3v) is 7.27. The molecule has 0 saturated carbocycles. The minimum absolute atomic E-state index is 0.0228. The van der Waals surface area contributed by atoms with Crippen LogP contribution in [-0.2, 0) is 16.6 Å². The maximum atomic E-state index is 15.0. The Morgan fingerprint density at radius 1 is 1.06 bits per heavy atom. The van der Waals surface area contributed by atoms with Gasteiger partial charge in [-0.05, 0) is 43.2 Å². The van der Waals surface area contributed by atoms with Crippen molar-refractivity contribution in [1.29, 1.82) is 0 Å². The van der Waals surface area contributed by atoms with Crippen LogP contribution in [0.5, 0.6) is 0 Å². The van der Waals surface area contributed by atoms with Gasteiger partial charge in [0.25, 0.3) is 0 Å². The number of nitrogens with one attached hydrogen (secondary N) is 1. The minimum atomic E-state index is -3.67. The number of benzene rings is 2. The van der Waals surface area contributed by atoms with Gasteiger partial charge in [0.1, 0.15) is 11.4 Å². The number of aromatic nitrogens is 1. The summed E-state index contributed by atoms with van der Waals surface area (Å²) < 4.78 is 44.2. The summed E-state index contributed by atoms with van der Waals surface area (Å²) in [6.07, 6.45) is 6.31. The third kappa shape index (κ3) is 5.53. The molecule has 0 radical (unpaired) electrons. The lowest BCUT2D eigenvalue weighted by atomic mass is 10.0. The van der Waals surface area contributed by atoms with Gasteiger partial charge in [-0.15, -0.1) is 0 Å². The number of carbonyl (C=O) groups is 1. The average molecular weight is 489 g/mol. The fraction of sp³-hybridized carbons (Fsp3) is 0.360. The first kappa shape index (κ1) is 25.6. The van der Waals surface area contributed by atoms with E-state index in [1.165, 1.54) is 36.5 Å². The number of unbranched alkanes of at least 4 members (excludes halogenated alkanes) is 4. The smallest absolute Gasteiger partial charge is 0.341 e. The van der Waals surface area contributed by atoms with Crippen LogP contribution < -0.4 is 10.2 Å². The van der Waals surface area contributed by atoms with Crippen LogP contribution in [0.15, 0.2) is 52.3 Å². The number of aryl methyl sites for hydroxylation is 1. The summed E-state index contributed by atoms with van der Waals surface area (Å²) in [5.74, 6) is -2.07. The second kappa shape index (κ2) is 10.9. The third-order valence-electron chi connectivity index (χ3n) is 5.79. The van der Waals surface area contributed by atoms with E-state index in [-0.39, 0.29) is 15.8 Å². The van der Waals surface area contributed by atoms with Gasteiger partial charge in [0.05, 0.1) is 10.4 Å². The standard InChI is InChI=1S/C25H29FN2O5S/c1-3-5-6-7-8-13-27-34(32,33)18-11-9-17(10-12-18)19-15-23-20(14-22(19)26)24(29)21(25(30)31)16-28(23)4-2/h9-12,14-16,27H,3-8,13H2,1-2H3,(H,30,31). The first-order valence-corrected chi connectivity index (χ1v) is 12.9. The highest BCUT2D eigenvalue weighted by Crippen LogP contribution is 2.28. The van der Waals surface area contributed by atoms with Gasteiger partial charge in [0.2, 0.25) is 15.5 Å². The second-order valence-electron chi connectivity index (χ2n) is 8.15. The van der Waals surface area contributed by atoms with E-state index in [2.05, 4.69) is 11.6 Å². The van der Waals surface area contributed by atoms with Crippen LogP contribution in [0.25, 0.3) is 22.0 Å². The predicted molar refractivity (Wildman–Crippen MR) is 130 cm³/mol. The van der Waals surface area contributed by atoms with Crippen LogP contribution >= 0.6 is 0 Å². The molecule has 0 amide bonds. The Morgan fingerprint density at radius 3 is 2.35 bits per heavy atom. The van der Waals surface area contributed by atoms with Crippen molar-refractivity contribution >= 4 is 26.9 Å². The van der Waals surface area contributed by atoms with Crippen molar-refractivity contribution < 1.29 is 22.7 Å². The fourth-order valence-electron chi connectivity index (χ4n) is 3.88. The molecule has 182 valence electrons. The summed E-state index contributed by atoms with van der Waals surface area (Å²) >= 11 is 0. The Hall–Kier alpha value is -3.04. The number of carboxylic acid groups (broad SMARTS) is 1. The molecule has 0 fully saturated rings. The van der Waals surface area contributed by atoms with Gasteiger partial charge >= 0.3 is 5.97 Å². The zero-order chi connectivity index (χ0) is 24.9. The van der Waals surface area contributed by atoms with Crippen molar-refractivity contribution in [3.8, 4) is 11.1 Å². The number of hydrogen-bond donors (Lipinski definition) is 2. The van der Waals surface area contributed by atoms with Crippen molar-refractivity contribution in [2.24, 2.45) is 0 Å². The highest BCUT2D eigenvalue weighted by Gasteiger charge is 2.18. The number of nitrogens with zero attached hydrogens (tertiary/aromatic N) is 1. The Bertz CT molecular complexity index is 1350. The number of hydrogen-bond acceptors (Lipinski definition) is 4. The van der Waals surface area contributed by atoms with Gasteiger partial charge in [-0.3, -0.25) is 4.79 Å². The number of carboxylic acids is 1. The minimum Gasteiger partial charge on any atom is -0.477 e. The zero-order valence-electron chi connectivity index (χ0n) is 19.3. The van der Waals surface area contributed by atoms with Gasteiger partial charge in [0.15, 0.2) is 0 Å². The quantitative estimate of drug-likeness (QED) is 0.378. The van der Waals surface area contributed by atoms with Crippen LogP contribution in [0, 0.1) is 5.82 Å². The van der Waals surface area contributed by atoms with E-state index in [1.54, 1.807) is 11.5 Å². The van der Waals surface area contributed by atoms with Crippen LogP contribution in [-0.4, -0.2) is 30.6 Å². The summed E-state index contributed by atoms with van der Waals surface area (Å²) in [6, 6.07) is 8.38. The monoisotopic (exact) mass is 488 g/mol. The molecule has 0 aliphatic heterocycles. The molecule has 0 aliphatic rings. The molecule has 7 nitrogen and oxygen atoms in total. The SMILES string of the molecule is CCCCCCCNS(=O)(=O)c1ccc(-c2cc3c(cc2F)c(=O)c(C(=O)O)cn3CC)cc1. The molecule has 9 heteroatoms. The first-order valence-electron chi connectivity index (χ1n) is 11.4. The molecule has 0 atom stereocenters. The van der Waals surface area contributed by atoms with E-state index in [0.717, 1.165) is 38.2 Å². The van der Waals surface area contributed by atoms with E-state index in [9.17, 15) is 27.5 Å². The number of fused-ring (bicyclic) bond motifs is 1. The summed E-state index contributed by atoms with van der Waals surface area (Å²) in [7, 11) is -3.67. The summed E-state index contributed by atoms with van der Waals surface area (Å²) in [5, 5.41) is 9.26. The molecule has 3 aromatic rings. The Labute approximate surface area is 198 Å². The maximum Gasteiger partial charge on any atom is 0.341 e. The number of halogens is 1. The van der Waals surface area contributed by atoms with E-state index >= 15 is 0 Å². The molecule has 34 heavy (non-hydrogen) atoms. The molecule has 0 spiro atoms. The molecular weight excluding hydrogens is 459 g/mol. The number of pyridine rings is 1. The van der Waals surface area contributed by atoms with Crippen molar-refractivity contribution in [2.45, 2.75) is 57.4 Å². The highest BCUT2D eigenvalue weighted by molar-refractivity contribution is 7.89. The zero-order valence-corrected chi connectivity index (χ0v) is 20.1. The molecule has 0 saturated heterocycles. The van der Waals surface area contributed by atoms with Gasteiger partial charge in [-0.25, -0.2) is 22.3 Å². The van der Waals surface area contributed by atoms with Crippen molar-refractivity contribution in [3.05, 3.63) is 64.2 Å². The van der Waals surface area contributed by atoms with Crippen molar-refractivity contribution in [3.63, 3.8) is 0 Å². The molecule has 2 aromatic carbocycles. The van der Waals surface area contributed by atoms with Gasteiger partial charge in [-0.1, -0.05) is 44.7 Å². The van der Waals surface area contributed by atoms with E-state index in [4.69, 9.17) is 0 Å². The Kier molecular flexibility index (Phi) is 8.22. The molecular formula is C25H29FN2O5S. The summed E-state index contributed by atoms with van der Waals surface area (Å²) in [5.41, 5.74) is -0.149. The molecule has 2 N–H and O–H groups in total. The van der Waals surface area contributed by atoms with E-state index in [1.807, 2.05) is 0 Å². The van der Waals surface area contributed by atoms with Crippen LogP contribution in [0.2, 0.25) is 0 Å². The van der Waals surface area contributed by atoms with E-state index in [0.29, 0.717) is 24.2 Å². The van der Waals surface area contributed by atoms with E-state index < -0.39 is 32.8 Å². The number of rotatable bonds is 11. The normalized spacial score (nSPS) is 11.7. The van der Waals surface area contributed by atoms with Crippen molar-refractivity contribution in [2.75, 3.05) is 6.54 Å². The highest BCUT2D eigenvalue weighted by atomic mass is 32.2. The Balaban J connectivity index is 1.89.